The molecule has 0 saturated heterocycles. The molecule has 1 aromatic rings. The first kappa shape index (κ1) is 16.1. The number of carbonyl (C=O) groups is 2. The summed E-state index contributed by atoms with van der Waals surface area (Å²) in [5.41, 5.74) is 0.806. The van der Waals surface area contributed by atoms with Gasteiger partial charge in [0.2, 0.25) is 0 Å². The minimum absolute atomic E-state index is 0. The maximum absolute atomic E-state index is 11.1. The molecule has 0 radical (unpaired) electrons. The quantitative estimate of drug-likeness (QED) is 0.451. The number of hydrogen-bond acceptors (Lipinski definition) is 4. The zero-order valence-electron chi connectivity index (χ0n) is 10.5. The molecule has 88 valence electrons. The molecule has 0 fully saturated rings. The van der Waals surface area contributed by atoms with Crippen molar-refractivity contribution < 1.29 is 55.5 Å². The Balaban J connectivity index is 0. The van der Waals surface area contributed by atoms with Crippen LogP contribution in [-0.4, -0.2) is 28.3 Å². The summed E-state index contributed by atoms with van der Waals surface area (Å²) in [5.74, 6) is -2.17. The number of carbonyl (C=O) groups excluding carboxylic acids is 1. The number of aliphatic carboxylic acids is 1. The van der Waals surface area contributed by atoms with Crippen molar-refractivity contribution in [2.75, 3.05) is 0 Å². The molecule has 0 spiro atoms. The molecule has 5 nitrogen and oxygen atoms in total. The third kappa shape index (κ3) is 6.43. The van der Waals surface area contributed by atoms with Crippen LogP contribution in [-0.2, 0) is 20.9 Å². The van der Waals surface area contributed by atoms with Crippen LogP contribution in [0.5, 0.6) is 0 Å². The summed E-state index contributed by atoms with van der Waals surface area (Å²) in [6.07, 6.45) is -2.24. The van der Waals surface area contributed by atoms with Crippen molar-refractivity contribution in [3.05, 3.63) is 35.9 Å². The fraction of sp³-hybridized carbons (Fsp3) is 0.273. The van der Waals surface area contributed by atoms with Gasteiger partial charge < -0.3 is 16.4 Å². The average Bonchev–Trinajstić information content (AvgIpc) is 2.27. The first-order valence-corrected chi connectivity index (χ1v) is 4.70. The standard InChI is InChI=1S/C11H12O5.Na.H/c12-9(11(14)15)6-10(13)16-7-8-4-2-1-3-5-8;;/h1-5,9,12H,6-7H2,(H,14,15);;/q;+1;-1. The van der Waals surface area contributed by atoms with Crippen LogP contribution in [0.3, 0.4) is 0 Å². The fourth-order valence-electron chi connectivity index (χ4n) is 1.04. The van der Waals surface area contributed by atoms with Crippen LogP contribution in [0.15, 0.2) is 30.3 Å². The van der Waals surface area contributed by atoms with Crippen LogP contribution in [0.1, 0.15) is 13.4 Å². The van der Waals surface area contributed by atoms with Crippen molar-refractivity contribution in [2.45, 2.75) is 19.1 Å². The molecular weight excluding hydrogens is 235 g/mol. The van der Waals surface area contributed by atoms with Gasteiger partial charge in [0.1, 0.15) is 6.61 Å². The molecule has 0 aromatic heterocycles. The van der Waals surface area contributed by atoms with Crippen LogP contribution in [0, 0.1) is 0 Å². The second-order valence-corrected chi connectivity index (χ2v) is 3.20. The molecule has 0 amide bonds. The number of carboxylic acid groups (broad SMARTS) is 1. The minimum Gasteiger partial charge on any atom is -1.00 e. The number of benzene rings is 1. The summed E-state index contributed by atoms with van der Waals surface area (Å²) < 4.78 is 4.79. The number of carboxylic acids is 1. The maximum atomic E-state index is 11.1. The van der Waals surface area contributed by atoms with Gasteiger partial charge in [-0.2, -0.15) is 0 Å². The molecule has 17 heavy (non-hydrogen) atoms. The number of aliphatic hydroxyl groups excluding tert-OH is 1. The van der Waals surface area contributed by atoms with E-state index >= 15 is 0 Å². The summed E-state index contributed by atoms with van der Waals surface area (Å²) in [4.78, 5) is 21.3. The van der Waals surface area contributed by atoms with Gasteiger partial charge in [-0.25, -0.2) is 4.79 Å². The topological polar surface area (TPSA) is 83.8 Å². The van der Waals surface area contributed by atoms with E-state index in [1.165, 1.54) is 0 Å². The third-order valence-electron chi connectivity index (χ3n) is 1.89. The number of aliphatic hydroxyl groups is 1. The first-order valence-electron chi connectivity index (χ1n) is 4.70. The third-order valence-corrected chi connectivity index (χ3v) is 1.89. The molecule has 1 rings (SSSR count). The van der Waals surface area contributed by atoms with E-state index < -0.39 is 24.5 Å². The average molecular weight is 248 g/mol. The maximum Gasteiger partial charge on any atom is 1.00 e. The van der Waals surface area contributed by atoms with E-state index in [-0.39, 0.29) is 37.6 Å². The largest absolute Gasteiger partial charge is 1.00 e. The van der Waals surface area contributed by atoms with Crippen LogP contribution < -0.4 is 29.6 Å². The molecule has 0 bridgehead atoms. The van der Waals surface area contributed by atoms with Gasteiger partial charge in [0, 0.05) is 0 Å². The van der Waals surface area contributed by atoms with Gasteiger partial charge in [0.05, 0.1) is 6.42 Å². The van der Waals surface area contributed by atoms with Crippen molar-refractivity contribution in [1.29, 1.82) is 0 Å². The van der Waals surface area contributed by atoms with Crippen LogP contribution in [0.25, 0.3) is 0 Å². The van der Waals surface area contributed by atoms with E-state index in [9.17, 15) is 9.59 Å². The number of hydrogen-bond donors (Lipinski definition) is 2. The van der Waals surface area contributed by atoms with Gasteiger partial charge in [-0.1, -0.05) is 30.3 Å². The summed E-state index contributed by atoms with van der Waals surface area (Å²) in [5, 5.41) is 17.3. The van der Waals surface area contributed by atoms with Crippen molar-refractivity contribution in [2.24, 2.45) is 0 Å². The van der Waals surface area contributed by atoms with Gasteiger partial charge in [0.15, 0.2) is 6.10 Å². The zero-order chi connectivity index (χ0) is 12.0. The number of ether oxygens (including phenoxy) is 1. The normalized spacial score (nSPS) is 11.1. The molecule has 0 aliphatic rings. The van der Waals surface area contributed by atoms with Crippen molar-refractivity contribution in [1.82, 2.24) is 0 Å². The summed E-state index contributed by atoms with van der Waals surface area (Å²) in [6, 6.07) is 8.99. The van der Waals surface area contributed by atoms with E-state index in [0.29, 0.717) is 0 Å². The molecule has 2 N–H and O–H groups in total. The zero-order valence-corrected chi connectivity index (χ0v) is 11.5. The van der Waals surface area contributed by atoms with E-state index in [2.05, 4.69) is 0 Å². The van der Waals surface area contributed by atoms with Gasteiger partial charge in [-0.05, 0) is 5.56 Å². The SMILES string of the molecule is O=C(CC(O)C(=O)O)OCc1ccccc1.[H-].[Na+]. The summed E-state index contributed by atoms with van der Waals surface area (Å²) in [7, 11) is 0. The molecule has 0 aliphatic heterocycles. The Kier molecular flexibility index (Phi) is 7.82. The smallest absolute Gasteiger partial charge is 1.00 e. The molecule has 0 aliphatic carbocycles. The Morgan fingerprint density at radius 2 is 1.88 bits per heavy atom. The second-order valence-electron chi connectivity index (χ2n) is 3.20. The molecular formula is C11H13NaO5. The van der Waals surface area contributed by atoms with Crippen LogP contribution in [0.4, 0.5) is 0 Å². The Labute approximate surface area is 122 Å². The van der Waals surface area contributed by atoms with E-state index in [1.54, 1.807) is 24.3 Å². The van der Waals surface area contributed by atoms with Gasteiger partial charge >= 0.3 is 41.5 Å². The van der Waals surface area contributed by atoms with Crippen molar-refractivity contribution in [3.8, 4) is 0 Å². The van der Waals surface area contributed by atoms with Gasteiger partial charge in [-0.3, -0.25) is 4.79 Å². The van der Waals surface area contributed by atoms with Crippen LogP contribution >= 0.6 is 0 Å². The molecule has 1 unspecified atom stereocenters. The monoisotopic (exact) mass is 248 g/mol. The summed E-state index contributed by atoms with van der Waals surface area (Å²) >= 11 is 0. The Morgan fingerprint density at radius 1 is 1.29 bits per heavy atom. The molecule has 6 heteroatoms. The van der Waals surface area contributed by atoms with Crippen LogP contribution in [0.2, 0.25) is 0 Å². The Hall–Kier alpha value is -0.880. The predicted molar refractivity (Wildman–Crippen MR) is 55.6 cm³/mol. The van der Waals surface area contributed by atoms with Crippen molar-refractivity contribution in [3.63, 3.8) is 0 Å². The fourth-order valence-corrected chi connectivity index (χ4v) is 1.04. The first-order chi connectivity index (χ1) is 7.59. The van der Waals surface area contributed by atoms with E-state index in [1.807, 2.05) is 6.07 Å². The summed E-state index contributed by atoms with van der Waals surface area (Å²) in [6.45, 7) is 0.0754. The van der Waals surface area contributed by atoms with Gasteiger partial charge in [0.25, 0.3) is 0 Å². The minimum atomic E-state index is -1.71. The number of rotatable bonds is 5. The predicted octanol–water partition coefficient (Wildman–Crippen LogP) is -2.32. The van der Waals surface area contributed by atoms with Crippen molar-refractivity contribution >= 4 is 11.9 Å². The number of esters is 1. The van der Waals surface area contributed by atoms with E-state index in [4.69, 9.17) is 14.9 Å². The second kappa shape index (κ2) is 8.25. The van der Waals surface area contributed by atoms with E-state index in [0.717, 1.165) is 5.56 Å². The molecule has 1 atom stereocenters. The molecule has 0 saturated carbocycles. The molecule has 0 heterocycles. The Morgan fingerprint density at radius 3 is 2.41 bits per heavy atom. The molecule has 1 aromatic carbocycles. The van der Waals surface area contributed by atoms with Gasteiger partial charge in [-0.15, -0.1) is 0 Å². The Bertz CT molecular complexity index is 371.